The van der Waals surface area contributed by atoms with Gasteiger partial charge in [0.25, 0.3) is 5.91 Å². The highest BCUT2D eigenvalue weighted by atomic mass is 16.3. The molecular weight excluding hydrogens is 564 g/mol. The molecule has 1 aromatic carbocycles. The molecule has 1 aliphatic heterocycles. The predicted molar refractivity (Wildman–Crippen MR) is 183 cm³/mol. The molecule has 1 heterocycles. The summed E-state index contributed by atoms with van der Waals surface area (Å²) in [5.41, 5.74) is 2.22. The first kappa shape index (κ1) is 34.5. The maximum Gasteiger partial charge on any atom is 0.277 e. The van der Waals surface area contributed by atoms with Crippen molar-refractivity contribution in [2.75, 3.05) is 23.3 Å². The molecule has 2 aliphatic carbocycles. The molecule has 0 bridgehead atoms. The van der Waals surface area contributed by atoms with Gasteiger partial charge in [-0.3, -0.25) is 14.4 Å². The first-order valence-electron chi connectivity index (χ1n) is 17.1. The van der Waals surface area contributed by atoms with Crippen LogP contribution < -0.4 is 10.2 Å². The van der Waals surface area contributed by atoms with E-state index in [2.05, 4.69) is 51.8 Å². The molecule has 2 amide bonds. The Morgan fingerprint density at radius 3 is 2.18 bits per heavy atom. The Balaban J connectivity index is 1.81. The standard InChI is InChI=1S/C37H54N4O4/c1-10-37(8,9)36(45)38-28-21-25(40(11-2)12-3)18-19-26(28)29-33(42)31(34(29)43)30-27(20-17-24-15-13-14-16-24)39-41(35(30)44)32(22(4)5)23(6)7/h18-19,21-24,32,42H,10-17,20H2,1-9H3,(H,38,45)/b31-30+. The molecule has 0 aromatic heterocycles. The summed E-state index contributed by atoms with van der Waals surface area (Å²) < 4.78 is 0. The lowest BCUT2D eigenvalue weighted by Gasteiger charge is -2.31. The lowest BCUT2D eigenvalue weighted by atomic mass is 9.78. The van der Waals surface area contributed by atoms with Gasteiger partial charge in [-0.2, -0.15) is 5.10 Å². The summed E-state index contributed by atoms with van der Waals surface area (Å²) in [6, 6.07) is 5.44. The summed E-state index contributed by atoms with van der Waals surface area (Å²) in [6.07, 6.45) is 6.96. The fourth-order valence-corrected chi connectivity index (χ4v) is 7.04. The first-order valence-corrected chi connectivity index (χ1v) is 17.1. The third-order valence-electron chi connectivity index (χ3n) is 10.2. The number of Topliss-reactive ketones (excluding diaryl/α,β-unsaturated/α-hetero) is 1. The summed E-state index contributed by atoms with van der Waals surface area (Å²) in [7, 11) is 0. The lowest BCUT2D eigenvalue weighted by molar-refractivity contribution is -0.130. The molecule has 246 valence electrons. The number of hydrazone groups is 1. The van der Waals surface area contributed by atoms with Crippen LogP contribution in [0.1, 0.15) is 113 Å². The Morgan fingerprint density at radius 2 is 1.64 bits per heavy atom. The van der Waals surface area contributed by atoms with Crippen LogP contribution in [0.4, 0.5) is 11.4 Å². The van der Waals surface area contributed by atoms with Crippen molar-refractivity contribution < 1.29 is 19.5 Å². The molecule has 8 heteroatoms. The Hall–Kier alpha value is -3.42. The van der Waals surface area contributed by atoms with E-state index in [0.717, 1.165) is 25.2 Å². The van der Waals surface area contributed by atoms with E-state index in [4.69, 9.17) is 5.10 Å². The molecule has 0 unspecified atom stereocenters. The first-order chi connectivity index (χ1) is 21.3. The maximum absolute atomic E-state index is 14.1. The van der Waals surface area contributed by atoms with Gasteiger partial charge in [0.05, 0.1) is 34.2 Å². The molecule has 45 heavy (non-hydrogen) atoms. The third-order valence-corrected chi connectivity index (χ3v) is 10.2. The number of nitrogens with zero attached hydrogens (tertiary/aromatic N) is 3. The van der Waals surface area contributed by atoms with Crippen molar-refractivity contribution in [2.24, 2.45) is 28.3 Å². The van der Waals surface area contributed by atoms with Gasteiger partial charge in [0.15, 0.2) is 0 Å². The Morgan fingerprint density at radius 1 is 1.02 bits per heavy atom. The summed E-state index contributed by atoms with van der Waals surface area (Å²) in [5, 5.41) is 21.1. The van der Waals surface area contributed by atoms with Gasteiger partial charge in [-0.25, -0.2) is 5.01 Å². The topological polar surface area (TPSA) is 102 Å². The highest BCUT2D eigenvalue weighted by Crippen LogP contribution is 2.44. The molecule has 3 aliphatic rings. The van der Waals surface area contributed by atoms with Crippen LogP contribution in [0.2, 0.25) is 0 Å². The molecular formula is C37H54N4O4. The number of anilines is 2. The Labute approximate surface area is 270 Å². The third kappa shape index (κ3) is 6.75. The number of nitrogens with one attached hydrogen (secondary N) is 1. The quantitative estimate of drug-likeness (QED) is 0.219. The highest BCUT2D eigenvalue weighted by Gasteiger charge is 2.46. The van der Waals surface area contributed by atoms with E-state index < -0.39 is 11.2 Å². The smallest absolute Gasteiger partial charge is 0.277 e. The van der Waals surface area contributed by atoms with E-state index in [1.165, 1.54) is 25.7 Å². The van der Waals surface area contributed by atoms with Crippen LogP contribution in [0, 0.1) is 23.2 Å². The van der Waals surface area contributed by atoms with Crippen LogP contribution in [0.15, 0.2) is 40.2 Å². The molecule has 1 aromatic rings. The zero-order valence-corrected chi connectivity index (χ0v) is 28.9. The van der Waals surface area contributed by atoms with Gasteiger partial charge in [0, 0.05) is 29.8 Å². The number of rotatable bonds is 13. The van der Waals surface area contributed by atoms with Gasteiger partial charge in [0.1, 0.15) is 5.76 Å². The van der Waals surface area contributed by atoms with Crippen molar-refractivity contribution in [1.29, 1.82) is 0 Å². The molecule has 0 atom stereocenters. The van der Waals surface area contributed by atoms with Crippen LogP contribution in [0.5, 0.6) is 0 Å². The van der Waals surface area contributed by atoms with Crippen molar-refractivity contribution in [3.05, 3.63) is 40.7 Å². The fraction of sp³-hybridized carbons (Fsp3) is 0.622. The van der Waals surface area contributed by atoms with Crippen LogP contribution in [-0.2, 0) is 14.4 Å². The highest BCUT2D eigenvalue weighted by molar-refractivity contribution is 6.44. The van der Waals surface area contributed by atoms with Crippen molar-refractivity contribution in [1.82, 2.24) is 5.01 Å². The number of hydrogen-bond donors (Lipinski definition) is 2. The van der Waals surface area contributed by atoms with E-state index in [9.17, 15) is 19.5 Å². The van der Waals surface area contributed by atoms with Crippen molar-refractivity contribution in [3.8, 4) is 0 Å². The van der Waals surface area contributed by atoms with Crippen LogP contribution >= 0.6 is 0 Å². The average Bonchev–Trinajstić information content (AvgIpc) is 3.62. The van der Waals surface area contributed by atoms with Crippen LogP contribution in [0.3, 0.4) is 0 Å². The molecule has 0 saturated heterocycles. The van der Waals surface area contributed by atoms with E-state index >= 15 is 0 Å². The van der Waals surface area contributed by atoms with Gasteiger partial charge in [-0.1, -0.05) is 74.1 Å². The Kier molecular flexibility index (Phi) is 10.7. The fourth-order valence-electron chi connectivity index (χ4n) is 7.04. The molecule has 4 rings (SSSR count). The monoisotopic (exact) mass is 618 g/mol. The minimum atomic E-state index is -0.622. The zero-order valence-electron chi connectivity index (χ0n) is 28.9. The van der Waals surface area contributed by atoms with E-state index in [1.54, 1.807) is 11.1 Å². The van der Waals surface area contributed by atoms with Gasteiger partial charge in [-0.15, -0.1) is 0 Å². The normalized spacial score (nSPS) is 19.4. The second-order valence-corrected chi connectivity index (χ2v) is 14.3. The molecule has 1 saturated carbocycles. The summed E-state index contributed by atoms with van der Waals surface area (Å²) in [5.74, 6) is -0.148. The number of allylic oxidation sites excluding steroid dienone is 2. The number of ketones is 1. The van der Waals surface area contributed by atoms with Crippen LogP contribution in [0.25, 0.3) is 5.57 Å². The van der Waals surface area contributed by atoms with Crippen molar-refractivity contribution in [2.45, 2.75) is 113 Å². The number of benzene rings is 1. The van der Waals surface area contributed by atoms with Crippen molar-refractivity contribution in [3.63, 3.8) is 0 Å². The number of carbonyl (C=O) groups excluding carboxylic acids is 3. The molecule has 0 radical (unpaired) electrons. The van der Waals surface area contributed by atoms with Crippen molar-refractivity contribution >= 4 is 40.3 Å². The molecule has 2 N–H and O–H groups in total. The predicted octanol–water partition coefficient (Wildman–Crippen LogP) is 7.91. The molecule has 8 nitrogen and oxygen atoms in total. The maximum atomic E-state index is 14.1. The van der Waals surface area contributed by atoms with E-state index in [1.807, 2.05) is 32.9 Å². The minimum absolute atomic E-state index is 0.0490. The number of amides is 2. The lowest BCUT2D eigenvalue weighted by Crippen LogP contribution is -2.41. The van der Waals surface area contributed by atoms with Gasteiger partial charge >= 0.3 is 0 Å². The van der Waals surface area contributed by atoms with Gasteiger partial charge in [-0.05, 0) is 69.1 Å². The Bertz CT molecular complexity index is 1400. The number of carbonyl (C=O) groups is 3. The summed E-state index contributed by atoms with van der Waals surface area (Å²) >= 11 is 0. The van der Waals surface area contributed by atoms with E-state index in [0.29, 0.717) is 35.7 Å². The zero-order chi connectivity index (χ0) is 33.2. The van der Waals surface area contributed by atoms with Crippen LogP contribution in [-0.4, -0.2) is 52.6 Å². The second kappa shape index (κ2) is 13.9. The minimum Gasteiger partial charge on any atom is -0.506 e. The number of hydrogen-bond acceptors (Lipinski definition) is 6. The average molecular weight is 619 g/mol. The largest absolute Gasteiger partial charge is 0.506 e. The molecule has 0 spiro atoms. The molecule has 1 fully saturated rings. The summed E-state index contributed by atoms with van der Waals surface area (Å²) in [6.45, 7) is 19.7. The summed E-state index contributed by atoms with van der Waals surface area (Å²) in [4.78, 5) is 43.6. The number of aliphatic hydroxyl groups excluding tert-OH is 1. The SMILES string of the molecule is CCN(CC)c1ccc(C2=C(O)/C(=C3\C(=O)N(C(C(C)C)C(C)C)N=C3CCC3CCCC3)C2=O)c(NC(=O)C(C)(C)CC)c1. The van der Waals surface area contributed by atoms with E-state index in [-0.39, 0.29) is 52.2 Å². The second-order valence-electron chi connectivity index (χ2n) is 14.3. The van der Waals surface area contributed by atoms with Gasteiger partial charge < -0.3 is 15.3 Å². The van der Waals surface area contributed by atoms with Gasteiger partial charge in [0.2, 0.25) is 11.7 Å². The number of aliphatic hydroxyl groups is 1.